The van der Waals surface area contributed by atoms with E-state index in [4.69, 9.17) is 0 Å². The molecule has 0 atom stereocenters. The summed E-state index contributed by atoms with van der Waals surface area (Å²) in [7, 11) is 0. The molecule has 0 radical (unpaired) electrons. The molecular formula is C16H21F2NO. The summed E-state index contributed by atoms with van der Waals surface area (Å²) in [6.45, 7) is 5.78. The molecule has 0 saturated heterocycles. The van der Waals surface area contributed by atoms with Crippen molar-refractivity contribution in [3.8, 4) is 0 Å². The van der Waals surface area contributed by atoms with Crippen LogP contribution < -0.4 is 0 Å². The highest BCUT2D eigenvalue weighted by Gasteiger charge is 2.26. The molecule has 0 unspecified atom stereocenters. The van der Waals surface area contributed by atoms with Crippen molar-refractivity contribution in [2.75, 3.05) is 13.1 Å². The Kier molecular flexibility index (Phi) is 4.86. The zero-order valence-electron chi connectivity index (χ0n) is 12.0. The molecule has 1 aromatic rings. The lowest BCUT2D eigenvalue weighted by Gasteiger charge is -2.26. The number of rotatable bonds is 7. The number of ketones is 1. The van der Waals surface area contributed by atoms with Gasteiger partial charge < -0.3 is 4.90 Å². The maximum absolute atomic E-state index is 13.5. The summed E-state index contributed by atoms with van der Waals surface area (Å²) < 4.78 is 26.7. The molecule has 0 N–H and O–H groups in total. The number of benzene rings is 1. The summed E-state index contributed by atoms with van der Waals surface area (Å²) in [6.07, 6.45) is 2.75. The van der Waals surface area contributed by atoms with Gasteiger partial charge in [-0.3, -0.25) is 4.79 Å². The van der Waals surface area contributed by atoms with Crippen LogP contribution in [0.1, 0.15) is 43.5 Å². The van der Waals surface area contributed by atoms with Gasteiger partial charge in [0.25, 0.3) is 0 Å². The quantitative estimate of drug-likeness (QED) is 0.711. The summed E-state index contributed by atoms with van der Waals surface area (Å²) in [5.41, 5.74) is -0.139. The van der Waals surface area contributed by atoms with E-state index in [9.17, 15) is 13.6 Å². The number of nitrogens with zero attached hydrogens (tertiary/aromatic N) is 1. The Hall–Kier alpha value is -1.29. The van der Waals surface area contributed by atoms with Crippen molar-refractivity contribution < 1.29 is 13.6 Å². The molecule has 0 aliphatic heterocycles. The number of Topliss-reactive ketones (excluding diaryl/α,β-unsaturated/α-hetero) is 1. The first-order valence-electron chi connectivity index (χ1n) is 7.20. The van der Waals surface area contributed by atoms with Crippen LogP contribution in [-0.4, -0.2) is 29.8 Å². The fraction of sp³-hybridized carbons (Fsp3) is 0.562. The average Bonchev–Trinajstić information content (AvgIpc) is 3.21. The highest BCUT2D eigenvalue weighted by molar-refractivity contribution is 5.96. The van der Waals surface area contributed by atoms with Crippen molar-refractivity contribution in [2.24, 2.45) is 5.92 Å². The Labute approximate surface area is 118 Å². The molecule has 4 heteroatoms. The molecule has 110 valence electrons. The molecule has 0 amide bonds. The largest absolute Gasteiger partial charge is 0.300 e. The number of halogens is 2. The monoisotopic (exact) mass is 281 g/mol. The van der Waals surface area contributed by atoms with E-state index < -0.39 is 11.6 Å². The molecule has 1 aliphatic rings. The summed E-state index contributed by atoms with van der Waals surface area (Å²) in [5, 5.41) is 0. The average molecular weight is 281 g/mol. The normalized spacial score (nSPS) is 15.1. The molecule has 1 fully saturated rings. The van der Waals surface area contributed by atoms with Crippen molar-refractivity contribution in [1.82, 2.24) is 4.90 Å². The molecule has 1 aromatic carbocycles. The van der Waals surface area contributed by atoms with E-state index in [1.165, 1.54) is 25.0 Å². The first-order chi connectivity index (χ1) is 9.49. The Bertz CT molecular complexity index is 483. The van der Waals surface area contributed by atoms with Gasteiger partial charge in [0.2, 0.25) is 0 Å². The second-order valence-corrected chi connectivity index (χ2v) is 5.81. The van der Waals surface area contributed by atoms with Gasteiger partial charge in [-0.25, -0.2) is 8.78 Å². The van der Waals surface area contributed by atoms with Crippen LogP contribution in [0.25, 0.3) is 0 Å². The fourth-order valence-electron chi connectivity index (χ4n) is 2.29. The molecule has 0 spiro atoms. The molecule has 2 nitrogen and oxygen atoms in total. The predicted molar refractivity (Wildman–Crippen MR) is 74.7 cm³/mol. The Morgan fingerprint density at radius 3 is 2.65 bits per heavy atom. The molecule has 2 rings (SSSR count). The van der Waals surface area contributed by atoms with E-state index in [1.54, 1.807) is 0 Å². The lowest BCUT2D eigenvalue weighted by Crippen LogP contribution is -2.34. The lowest BCUT2D eigenvalue weighted by atomic mass is 10.1. The molecule has 0 heterocycles. The molecule has 1 saturated carbocycles. The second kappa shape index (κ2) is 6.44. The van der Waals surface area contributed by atoms with Crippen molar-refractivity contribution in [3.05, 3.63) is 35.4 Å². The summed E-state index contributed by atoms with van der Waals surface area (Å²) in [6, 6.07) is 4.11. The van der Waals surface area contributed by atoms with E-state index in [-0.39, 0.29) is 17.8 Å². The van der Waals surface area contributed by atoms with Gasteiger partial charge in [0.1, 0.15) is 0 Å². The minimum absolute atomic E-state index is 0.139. The van der Waals surface area contributed by atoms with E-state index in [0.717, 1.165) is 18.5 Å². The van der Waals surface area contributed by atoms with Crippen LogP contribution in [-0.2, 0) is 0 Å². The zero-order valence-corrected chi connectivity index (χ0v) is 12.0. The minimum Gasteiger partial charge on any atom is -0.300 e. The minimum atomic E-state index is -1.03. The third-order valence-corrected chi connectivity index (χ3v) is 3.80. The van der Waals surface area contributed by atoms with E-state index in [1.807, 2.05) is 0 Å². The molecule has 0 aromatic heterocycles. The Balaban J connectivity index is 1.94. The van der Waals surface area contributed by atoms with Gasteiger partial charge in [0.05, 0.1) is 5.56 Å². The van der Waals surface area contributed by atoms with Crippen LogP contribution in [0.5, 0.6) is 0 Å². The van der Waals surface area contributed by atoms with Crippen LogP contribution in [0.2, 0.25) is 0 Å². The summed E-state index contributed by atoms with van der Waals surface area (Å²) in [5.74, 6) is -1.58. The van der Waals surface area contributed by atoms with Crippen LogP contribution in [0, 0.1) is 17.6 Å². The van der Waals surface area contributed by atoms with Crippen LogP contribution in [0.4, 0.5) is 8.78 Å². The smallest absolute Gasteiger partial charge is 0.169 e. The molecule has 1 aliphatic carbocycles. The molecule has 20 heavy (non-hydrogen) atoms. The Morgan fingerprint density at radius 2 is 2.05 bits per heavy atom. The number of hydrogen-bond acceptors (Lipinski definition) is 2. The first kappa shape index (κ1) is 15.1. The van der Waals surface area contributed by atoms with Crippen molar-refractivity contribution in [3.63, 3.8) is 0 Å². The third kappa shape index (κ3) is 3.85. The highest BCUT2D eigenvalue weighted by atomic mass is 19.2. The summed E-state index contributed by atoms with van der Waals surface area (Å²) >= 11 is 0. The topological polar surface area (TPSA) is 20.3 Å². The van der Waals surface area contributed by atoms with Gasteiger partial charge in [-0.2, -0.15) is 0 Å². The maximum atomic E-state index is 13.5. The van der Waals surface area contributed by atoms with Crippen LogP contribution in [0.3, 0.4) is 0 Å². The highest BCUT2D eigenvalue weighted by Crippen LogP contribution is 2.30. The SMILES string of the molecule is CC(C)N(CCC(=O)c1cccc(F)c1F)CC1CC1. The second-order valence-electron chi connectivity index (χ2n) is 5.81. The lowest BCUT2D eigenvalue weighted by molar-refractivity contribution is 0.0948. The van der Waals surface area contributed by atoms with E-state index in [2.05, 4.69) is 18.7 Å². The zero-order chi connectivity index (χ0) is 14.7. The fourth-order valence-corrected chi connectivity index (χ4v) is 2.29. The molecular weight excluding hydrogens is 260 g/mol. The van der Waals surface area contributed by atoms with E-state index >= 15 is 0 Å². The summed E-state index contributed by atoms with van der Waals surface area (Å²) in [4.78, 5) is 14.3. The van der Waals surface area contributed by atoms with Gasteiger partial charge >= 0.3 is 0 Å². The van der Waals surface area contributed by atoms with Crippen LogP contribution >= 0.6 is 0 Å². The van der Waals surface area contributed by atoms with E-state index in [0.29, 0.717) is 12.6 Å². The number of carbonyl (C=O) groups is 1. The van der Waals surface area contributed by atoms with Gasteiger partial charge in [-0.1, -0.05) is 6.07 Å². The number of carbonyl (C=O) groups excluding carboxylic acids is 1. The maximum Gasteiger partial charge on any atom is 0.169 e. The van der Waals surface area contributed by atoms with Gasteiger partial charge in [-0.05, 0) is 44.7 Å². The van der Waals surface area contributed by atoms with Crippen molar-refractivity contribution in [2.45, 2.75) is 39.2 Å². The standard InChI is InChI=1S/C16H21F2NO/c1-11(2)19(10-12-6-7-12)9-8-15(20)13-4-3-5-14(17)16(13)18/h3-5,11-12H,6-10H2,1-2H3. The first-order valence-corrected chi connectivity index (χ1v) is 7.20. The number of hydrogen-bond donors (Lipinski definition) is 0. The van der Waals surface area contributed by atoms with Crippen molar-refractivity contribution in [1.29, 1.82) is 0 Å². The molecule has 0 bridgehead atoms. The Morgan fingerprint density at radius 1 is 1.35 bits per heavy atom. The van der Waals surface area contributed by atoms with Gasteiger partial charge in [0.15, 0.2) is 17.4 Å². The third-order valence-electron chi connectivity index (χ3n) is 3.80. The van der Waals surface area contributed by atoms with Crippen molar-refractivity contribution >= 4 is 5.78 Å². The van der Waals surface area contributed by atoms with Gasteiger partial charge in [-0.15, -0.1) is 0 Å². The van der Waals surface area contributed by atoms with Gasteiger partial charge in [0, 0.05) is 25.6 Å². The van der Waals surface area contributed by atoms with Crippen LogP contribution in [0.15, 0.2) is 18.2 Å². The predicted octanol–water partition coefficient (Wildman–Crippen LogP) is 3.66.